The minimum absolute atomic E-state index is 0.132. The van der Waals surface area contributed by atoms with E-state index in [4.69, 9.17) is 4.74 Å². The summed E-state index contributed by atoms with van der Waals surface area (Å²) in [5, 5.41) is 23.6. The van der Waals surface area contributed by atoms with Crippen molar-refractivity contribution in [2.24, 2.45) is 0 Å². The van der Waals surface area contributed by atoms with Crippen LogP contribution in [0.25, 0.3) is 0 Å². The minimum atomic E-state index is -0.499. The van der Waals surface area contributed by atoms with Crippen molar-refractivity contribution in [2.75, 3.05) is 11.9 Å². The summed E-state index contributed by atoms with van der Waals surface area (Å²) in [4.78, 5) is 25.3. The molecular weight excluding hydrogens is 310 g/mol. The van der Waals surface area contributed by atoms with Crippen LogP contribution < -0.4 is 5.32 Å². The lowest BCUT2D eigenvalue weighted by atomic mass is 9.82. The normalized spacial score (nSPS) is 14.1. The number of benzene rings is 2. The summed E-state index contributed by atoms with van der Waals surface area (Å²) in [7, 11) is 0. The number of phenols is 2. The fourth-order valence-electron chi connectivity index (χ4n) is 2.88. The molecule has 24 heavy (non-hydrogen) atoms. The quantitative estimate of drug-likeness (QED) is 0.387. The molecule has 2 aromatic rings. The van der Waals surface area contributed by atoms with Crippen molar-refractivity contribution in [1.29, 1.82) is 0 Å². The highest BCUT2D eigenvalue weighted by atomic mass is 16.5. The third kappa shape index (κ3) is 2.41. The van der Waals surface area contributed by atoms with Gasteiger partial charge in [0.1, 0.15) is 12.0 Å². The number of aromatic hydroxyl groups is 2. The number of ether oxygens (including phenoxy) is 1. The maximum absolute atomic E-state index is 12.7. The van der Waals surface area contributed by atoms with Crippen LogP contribution in [0.2, 0.25) is 0 Å². The molecule has 0 spiro atoms. The molecule has 0 heterocycles. The van der Waals surface area contributed by atoms with Crippen LogP contribution in [0, 0.1) is 0 Å². The van der Waals surface area contributed by atoms with Crippen molar-refractivity contribution in [3.8, 4) is 11.5 Å². The van der Waals surface area contributed by atoms with E-state index in [1.54, 1.807) is 19.1 Å². The van der Waals surface area contributed by atoms with Crippen molar-refractivity contribution >= 4 is 17.3 Å². The average Bonchev–Trinajstić information content (AvgIpc) is 2.56. The maximum Gasteiger partial charge on any atom is 0.198 e. The molecule has 3 N–H and O–H groups in total. The van der Waals surface area contributed by atoms with Crippen LogP contribution in [0.3, 0.4) is 0 Å². The number of carbonyl (C=O) groups is 2. The third-order valence-corrected chi connectivity index (χ3v) is 3.92. The van der Waals surface area contributed by atoms with Crippen LogP contribution in [0.5, 0.6) is 11.5 Å². The molecule has 0 aliphatic heterocycles. The van der Waals surface area contributed by atoms with Gasteiger partial charge in [-0.25, -0.2) is 0 Å². The number of fused-ring (bicyclic) bond motifs is 2. The highest BCUT2D eigenvalue weighted by molar-refractivity contribution is 6.30. The van der Waals surface area contributed by atoms with E-state index in [9.17, 15) is 19.8 Å². The molecular formula is C18H17NO5. The van der Waals surface area contributed by atoms with Crippen molar-refractivity contribution in [3.63, 3.8) is 0 Å². The number of hydrogen-bond donors (Lipinski definition) is 3. The molecule has 2 aromatic carbocycles. The lowest BCUT2D eigenvalue weighted by Gasteiger charge is -2.22. The number of phenolic OH excluding ortho intramolecular Hbond substituents is 2. The third-order valence-electron chi connectivity index (χ3n) is 3.92. The molecule has 3 rings (SSSR count). The smallest absolute Gasteiger partial charge is 0.198 e. The van der Waals surface area contributed by atoms with E-state index in [-0.39, 0.29) is 39.4 Å². The molecule has 1 atom stereocenters. The van der Waals surface area contributed by atoms with Gasteiger partial charge in [0, 0.05) is 23.8 Å². The van der Waals surface area contributed by atoms with Gasteiger partial charge in [-0.3, -0.25) is 9.59 Å². The van der Waals surface area contributed by atoms with Gasteiger partial charge in [0.25, 0.3) is 0 Å². The second-order valence-electron chi connectivity index (χ2n) is 5.49. The fourth-order valence-corrected chi connectivity index (χ4v) is 2.88. The largest absolute Gasteiger partial charge is 0.507 e. The highest BCUT2D eigenvalue weighted by Crippen LogP contribution is 2.42. The lowest BCUT2D eigenvalue weighted by Crippen LogP contribution is -2.23. The van der Waals surface area contributed by atoms with Gasteiger partial charge in [-0.15, -0.1) is 0 Å². The average molecular weight is 327 g/mol. The zero-order chi connectivity index (χ0) is 17.4. The summed E-state index contributed by atoms with van der Waals surface area (Å²) < 4.78 is 5.33. The standard InChI is InChI=1S/C18H17NO5/c1-3-24-9(2)19-12-8-13(20)14-15(18(12)23)17(22)11-7-5-4-6-10(11)16(14)21/h4-9,19-20,23H,3H2,1-2H3. The zero-order valence-electron chi connectivity index (χ0n) is 13.3. The first-order valence-electron chi connectivity index (χ1n) is 7.61. The molecule has 124 valence electrons. The fraction of sp³-hybridized carbons (Fsp3) is 0.222. The molecule has 0 fully saturated rings. The van der Waals surface area contributed by atoms with E-state index in [1.165, 1.54) is 18.2 Å². The first-order valence-corrected chi connectivity index (χ1v) is 7.61. The molecule has 0 aromatic heterocycles. The van der Waals surface area contributed by atoms with Gasteiger partial charge in [-0.1, -0.05) is 24.3 Å². The number of anilines is 1. The Morgan fingerprint density at radius 1 is 1.08 bits per heavy atom. The Kier molecular flexibility index (Phi) is 3.99. The van der Waals surface area contributed by atoms with Crippen LogP contribution in [-0.4, -0.2) is 34.6 Å². The maximum atomic E-state index is 12.7. The Bertz CT molecular complexity index is 844. The van der Waals surface area contributed by atoms with Gasteiger partial charge >= 0.3 is 0 Å². The van der Waals surface area contributed by atoms with E-state index in [0.29, 0.717) is 6.61 Å². The Morgan fingerprint density at radius 2 is 1.67 bits per heavy atom. The van der Waals surface area contributed by atoms with Gasteiger partial charge in [0.05, 0.1) is 16.8 Å². The Labute approximate surface area is 138 Å². The SMILES string of the molecule is CCOC(C)Nc1cc(O)c2c(c1O)C(=O)c1ccccc1C2=O. The van der Waals surface area contributed by atoms with Crippen LogP contribution in [0.15, 0.2) is 30.3 Å². The van der Waals surface area contributed by atoms with Crippen LogP contribution >= 0.6 is 0 Å². The summed E-state index contributed by atoms with van der Waals surface area (Å²) in [5.41, 5.74) is 0.191. The molecule has 0 radical (unpaired) electrons. The molecule has 6 heteroatoms. The predicted molar refractivity (Wildman–Crippen MR) is 87.8 cm³/mol. The number of rotatable bonds is 4. The van der Waals surface area contributed by atoms with Gasteiger partial charge in [0.2, 0.25) is 0 Å². The molecule has 0 saturated carbocycles. The Hall–Kier alpha value is -2.86. The highest BCUT2D eigenvalue weighted by Gasteiger charge is 2.35. The molecule has 1 aliphatic rings. The number of nitrogens with one attached hydrogen (secondary N) is 1. The summed E-state index contributed by atoms with van der Waals surface area (Å²) >= 11 is 0. The summed E-state index contributed by atoms with van der Waals surface area (Å²) in [6, 6.07) is 7.57. The van der Waals surface area contributed by atoms with Gasteiger partial charge in [-0.05, 0) is 13.8 Å². The molecule has 1 aliphatic carbocycles. The number of hydrogen-bond acceptors (Lipinski definition) is 6. The number of ketones is 2. The Balaban J connectivity index is 2.15. The topological polar surface area (TPSA) is 95.9 Å². The predicted octanol–water partition coefficient (Wildman–Crippen LogP) is 2.67. The van der Waals surface area contributed by atoms with Crippen molar-refractivity contribution in [3.05, 3.63) is 52.6 Å². The van der Waals surface area contributed by atoms with Crippen LogP contribution in [0.4, 0.5) is 5.69 Å². The van der Waals surface area contributed by atoms with Crippen molar-refractivity contribution in [1.82, 2.24) is 0 Å². The molecule has 0 amide bonds. The summed E-state index contributed by atoms with van der Waals surface area (Å²) in [5.74, 6) is -1.72. The minimum Gasteiger partial charge on any atom is -0.507 e. The van der Waals surface area contributed by atoms with Crippen LogP contribution in [0.1, 0.15) is 45.7 Å². The van der Waals surface area contributed by atoms with E-state index < -0.39 is 17.8 Å². The summed E-state index contributed by atoms with van der Waals surface area (Å²) in [6.45, 7) is 4.00. The van der Waals surface area contributed by atoms with E-state index >= 15 is 0 Å². The first-order chi connectivity index (χ1) is 11.5. The first kappa shape index (κ1) is 16.0. The molecule has 1 unspecified atom stereocenters. The second kappa shape index (κ2) is 5.98. The zero-order valence-corrected chi connectivity index (χ0v) is 13.3. The lowest BCUT2D eigenvalue weighted by molar-refractivity contribution is 0.0954. The second-order valence-corrected chi connectivity index (χ2v) is 5.49. The molecule has 6 nitrogen and oxygen atoms in total. The van der Waals surface area contributed by atoms with E-state index in [1.807, 2.05) is 6.92 Å². The molecule has 0 saturated heterocycles. The summed E-state index contributed by atoms with van der Waals surface area (Å²) in [6.07, 6.45) is -0.444. The van der Waals surface area contributed by atoms with Gasteiger partial charge in [-0.2, -0.15) is 0 Å². The number of carbonyl (C=O) groups excluding carboxylic acids is 2. The van der Waals surface area contributed by atoms with Crippen molar-refractivity contribution in [2.45, 2.75) is 20.1 Å². The monoisotopic (exact) mass is 327 g/mol. The van der Waals surface area contributed by atoms with Crippen molar-refractivity contribution < 1.29 is 24.5 Å². The molecule has 0 bridgehead atoms. The van der Waals surface area contributed by atoms with Gasteiger partial charge < -0.3 is 20.3 Å². The van der Waals surface area contributed by atoms with Crippen LogP contribution in [-0.2, 0) is 4.74 Å². The van der Waals surface area contributed by atoms with Gasteiger partial charge in [0.15, 0.2) is 17.3 Å². The van der Waals surface area contributed by atoms with E-state index in [0.717, 1.165) is 0 Å². The Morgan fingerprint density at radius 3 is 2.25 bits per heavy atom. The van der Waals surface area contributed by atoms with E-state index in [2.05, 4.69) is 5.32 Å².